The number of nitrogens with two attached hydrogens (primary N) is 1. The number of phenols is 1. The number of amides is 1. The molecule has 0 aliphatic heterocycles. The molecule has 0 spiro atoms. The molecule has 0 radical (unpaired) electrons. The van der Waals surface area contributed by atoms with Gasteiger partial charge >= 0.3 is 5.97 Å². The zero-order valence-electron chi connectivity index (χ0n) is 10.6. The Bertz CT molecular complexity index is 731. The molecular weight excluding hydrogens is 296 g/mol. The molecule has 2 aromatic carbocycles. The first kappa shape index (κ1) is 14.7. The summed E-state index contributed by atoms with van der Waals surface area (Å²) < 4.78 is 0. The summed E-state index contributed by atoms with van der Waals surface area (Å²) in [6.07, 6.45) is 0. The van der Waals surface area contributed by atoms with Crippen LogP contribution in [0.15, 0.2) is 36.4 Å². The van der Waals surface area contributed by atoms with E-state index < -0.39 is 17.6 Å². The molecule has 0 heterocycles. The van der Waals surface area contributed by atoms with Crippen molar-refractivity contribution in [1.29, 1.82) is 0 Å². The summed E-state index contributed by atoms with van der Waals surface area (Å²) in [5, 5.41) is 21.1. The number of carboxylic acid groups (broad SMARTS) is 1. The Labute approximate surface area is 124 Å². The number of carboxylic acids is 1. The molecule has 5 N–H and O–H groups in total. The lowest BCUT2D eigenvalue weighted by molar-refractivity contribution is 0.0693. The van der Waals surface area contributed by atoms with Crippen LogP contribution in [-0.4, -0.2) is 22.1 Å². The van der Waals surface area contributed by atoms with Crippen LogP contribution in [0, 0.1) is 0 Å². The van der Waals surface area contributed by atoms with E-state index in [1.54, 1.807) is 0 Å². The quantitative estimate of drug-likeness (QED) is 0.651. The standard InChI is InChI=1S/C14H11ClN2O4/c15-10-5-7(1-4-11(10)16)13(19)17-8-2-3-9(14(20)21)12(18)6-8/h1-6,18H,16H2,(H,17,19)(H,20,21). The summed E-state index contributed by atoms with van der Waals surface area (Å²) in [5.41, 5.74) is 6.21. The van der Waals surface area contributed by atoms with Crippen molar-refractivity contribution in [3.05, 3.63) is 52.5 Å². The molecule has 7 heteroatoms. The van der Waals surface area contributed by atoms with Crippen molar-refractivity contribution < 1.29 is 19.8 Å². The highest BCUT2D eigenvalue weighted by atomic mass is 35.5. The maximum Gasteiger partial charge on any atom is 0.339 e. The van der Waals surface area contributed by atoms with Gasteiger partial charge in [-0.3, -0.25) is 4.79 Å². The minimum atomic E-state index is -1.25. The van der Waals surface area contributed by atoms with Gasteiger partial charge in [-0.05, 0) is 30.3 Å². The smallest absolute Gasteiger partial charge is 0.339 e. The Morgan fingerprint density at radius 2 is 1.86 bits per heavy atom. The minimum absolute atomic E-state index is 0.247. The molecule has 0 unspecified atom stereocenters. The first-order chi connectivity index (χ1) is 9.88. The van der Waals surface area contributed by atoms with E-state index in [0.717, 1.165) is 6.07 Å². The van der Waals surface area contributed by atoms with Gasteiger partial charge in [0.15, 0.2) is 0 Å². The predicted molar refractivity (Wildman–Crippen MR) is 78.9 cm³/mol. The number of nitrogens with one attached hydrogen (secondary N) is 1. The third-order valence-corrected chi connectivity index (χ3v) is 3.08. The van der Waals surface area contributed by atoms with Gasteiger partial charge in [0, 0.05) is 17.3 Å². The van der Waals surface area contributed by atoms with Crippen molar-refractivity contribution in [2.45, 2.75) is 0 Å². The molecule has 1 amide bonds. The van der Waals surface area contributed by atoms with Gasteiger partial charge in [0.1, 0.15) is 11.3 Å². The van der Waals surface area contributed by atoms with E-state index in [9.17, 15) is 14.7 Å². The first-order valence-corrected chi connectivity index (χ1v) is 6.19. The Morgan fingerprint density at radius 3 is 2.43 bits per heavy atom. The van der Waals surface area contributed by atoms with Gasteiger partial charge in [0.25, 0.3) is 5.91 Å². The molecule has 108 valence electrons. The van der Waals surface area contributed by atoms with Crippen molar-refractivity contribution in [2.24, 2.45) is 0 Å². The molecule has 2 rings (SSSR count). The largest absolute Gasteiger partial charge is 0.507 e. The van der Waals surface area contributed by atoms with Gasteiger partial charge in [-0.2, -0.15) is 0 Å². The number of aromatic carboxylic acids is 1. The fraction of sp³-hybridized carbons (Fsp3) is 0. The van der Waals surface area contributed by atoms with Gasteiger partial charge in [-0.15, -0.1) is 0 Å². The molecule has 0 aliphatic carbocycles. The maximum absolute atomic E-state index is 12.0. The van der Waals surface area contributed by atoms with Gasteiger partial charge in [-0.1, -0.05) is 11.6 Å². The van der Waals surface area contributed by atoms with Crippen LogP contribution in [0.5, 0.6) is 5.75 Å². The van der Waals surface area contributed by atoms with E-state index in [1.165, 1.54) is 30.3 Å². The van der Waals surface area contributed by atoms with E-state index in [0.29, 0.717) is 5.69 Å². The van der Waals surface area contributed by atoms with Gasteiger partial charge in [0.2, 0.25) is 0 Å². The molecule has 0 atom stereocenters. The zero-order valence-corrected chi connectivity index (χ0v) is 11.4. The lowest BCUT2D eigenvalue weighted by Gasteiger charge is -2.08. The van der Waals surface area contributed by atoms with E-state index >= 15 is 0 Å². The SMILES string of the molecule is Nc1ccc(C(=O)Nc2ccc(C(=O)O)c(O)c2)cc1Cl. The number of carbonyl (C=O) groups excluding carboxylic acids is 1. The van der Waals surface area contributed by atoms with E-state index in [4.69, 9.17) is 22.4 Å². The number of halogens is 1. The van der Waals surface area contributed by atoms with Gasteiger partial charge < -0.3 is 21.3 Å². The zero-order chi connectivity index (χ0) is 15.6. The highest BCUT2D eigenvalue weighted by Crippen LogP contribution is 2.24. The van der Waals surface area contributed by atoms with Crippen LogP contribution in [0.3, 0.4) is 0 Å². The monoisotopic (exact) mass is 306 g/mol. The summed E-state index contributed by atoms with van der Waals surface area (Å²) in [6, 6.07) is 8.14. The second kappa shape index (κ2) is 5.72. The normalized spacial score (nSPS) is 10.1. The second-order valence-corrected chi connectivity index (χ2v) is 4.63. The molecule has 0 bridgehead atoms. The van der Waals surface area contributed by atoms with Crippen molar-refractivity contribution in [2.75, 3.05) is 11.1 Å². The lowest BCUT2D eigenvalue weighted by Crippen LogP contribution is -2.12. The number of aromatic hydroxyl groups is 1. The van der Waals surface area contributed by atoms with Crippen molar-refractivity contribution >= 4 is 34.9 Å². The van der Waals surface area contributed by atoms with Crippen molar-refractivity contribution in [3.8, 4) is 5.75 Å². The van der Waals surface area contributed by atoms with E-state index in [2.05, 4.69) is 5.32 Å². The number of rotatable bonds is 3. The van der Waals surface area contributed by atoms with Crippen LogP contribution >= 0.6 is 11.6 Å². The van der Waals surface area contributed by atoms with Crippen LogP contribution in [-0.2, 0) is 0 Å². The molecule has 2 aromatic rings. The van der Waals surface area contributed by atoms with Crippen LogP contribution in [0.2, 0.25) is 5.02 Å². The first-order valence-electron chi connectivity index (χ1n) is 5.81. The average Bonchev–Trinajstić information content (AvgIpc) is 2.41. The fourth-order valence-electron chi connectivity index (χ4n) is 1.66. The molecular formula is C14H11ClN2O4. The summed E-state index contributed by atoms with van der Waals surface area (Å²) in [4.78, 5) is 22.8. The van der Waals surface area contributed by atoms with E-state index in [1.807, 2.05) is 0 Å². The Balaban J connectivity index is 2.21. The number of hydrogen-bond acceptors (Lipinski definition) is 4. The summed E-state index contributed by atoms with van der Waals surface area (Å²) in [7, 11) is 0. The number of hydrogen-bond donors (Lipinski definition) is 4. The van der Waals surface area contributed by atoms with Crippen molar-refractivity contribution in [1.82, 2.24) is 0 Å². The minimum Gasteiger partial charge on any atom is -0.507 e. The summed E-state index contributed by atoms with van der Waals surface area (Å²) in [6.45, 7) is 0. The van der Waals surface area contributed by atoms with Crippen LogP contribution in [0.1, 0.15) is 20.7 Å². The van der Waals surface area contributed by atoms with Crippen LogP contribution < -0.4 is 11.1 Å². The number of anilines is 2. The lowest BCUT2D eigenvalue weighted by atomic mass is 10.1. The van der Waals surface area contributed by atoms with Gasteiger partial charge in [0.05, 0.1) is 10.7 Å². The van der Waals surface area contributed by atoms with Crippen molar-refractivity contribution in [3.63, 3.8) is 0 Å². The highest BCUT2D eigenvalue weighted by Gasteiger charge is 2.12. The second-order valence-electron chi connectivity index (χ2n) is 4.23. The molecule has 0 saturated carbocycles. The third-order valence-electron chi connectivity index (χ3n) is 2.75. The Hall–Kier alpha value is -2.73. The highest BCUT2D eigenvalue weighted by molar-refractivity contribution is 6.33. The summed E-state index contributed by atoms with van der Waals surface area (Å²) in [5.74, 6) is -2.15. The Morgan fingerprint density at radius 1 is 1.14 bits per heavy atom. The molecule has 0 saturated heterocycles. The van der Waals surface area contributed by atoms with Gasteiger partial charge in [-0.25, -0.2) is 4.79 Å². The third kappa shape index (κ3) is 3.24. The number of carbonyl (C=O) groups is 2. The van der Waals surface area contributed by atoms with Crippen LogP contribution in [0.4, 0.5) is 11.4 Å². The molecule has 0 aliphatic rings. The predicted octanol–water partition coefficient (Wildman–Crippen LogP) is 2.58. The van der Waals surface area contributed by atoms with E-state index in [-0.39, 0.29) is 21.8 Å². The number of benzene rings is 2. The number of nitrogen functional groups attached to an aromatic ring is 1. The maximum atomic E-state index is 12.0. The molecule has 6 nitrogen and oxygen atoms in total. The summed E-state index contributed by atoms with van der Waals surface area (Å²) >= 11 is 5.83. The topological polar surface area (TPSA) is 113 Å². The fourth-order valence-corrected chi connectivity index (χ4v) is 1.84. The molecule has 0 aromatic heterocycles. The van der Waals surface area contributed by atoms with Crippen LogP contribution in [0.25, 0.3) is 0 Å². The molecule has 21 heavy (non-hydrogen) atoms. The molecule has 0 fully saturated rings. The Kier molecular flexibility index (Phi) is 4.00. The average molecular weight is 307 g/mol.